The summed E-state index contributed by atoms with van der Waals surface area (Å²) in [6.07, 6.45) is 29.1. The number of rotatable bonds is 25. The Morgan fingerprint density at radius 2 is 0.542 bits per heavy atom. The van der Waals surface area contributed by atoms with Crippen molar-refractivity contribution < 1.29 is 9.59 Å². The average Bonchev–Trinajstić information content (AvgIpc) is 3.50. The number of unbranched alkanes of at least 4 members (excludes halogenated alkanes) is 1. The molecule has 4 heteroatoms. The van der Waals surface area contributed by atoms with Gasteiger partial charge in [0, 0.05) is 25.8 Å². The molecule has 0 aliphatic rings. The molecule has 2 rings (SSSR count). The Labute approximate surface area is 532 Å². The molecule has 0 radical (unpaired) electrons. The van der Waals surface area contributed by atoms with Gasteiger partial charge in [0.25, 0.3) is 0 Å². The van der Waals surface area contributed by atoms with Crippen molar-refractivity contribution in [1.29, 1.82) is 0 Å². The SMILES string of the molecule is CCC.CCC.CCC.CCC.CCC.CCC.CCC.CCC(CC)(CC)CC.CCC(CC)CC.CCC(CCC(=O)CC(CC)CC)CNC(=O)CC(CC)CC.CCCC.CCN(CC)CC.c1ccccc1.c1ccccc1. The number of carbonyl (C=O) groups excluding carboxylic acids is 2. The Kier molecular flexibility index (Phi) is 145. The maximum absolute atomic E-state index is 12.1. The predicted octanol–water partition coefficient (Wildman–Crippen LogP) is 28.0. The summed E-state index contributed by atoms with van der Waals surface area (Å²) < 4.78 is 0. The summed E-state index contributed by atoms with van der Waals surface area (Å²) in [5.41, 5.74) is 0.667. The Balaban J connectivity index is -0.0000000711. The highest BCUT2D eigenvalue weighted by atomic mass is 16.1. The summed E-state index contributed by atoms with van der Waals surface area (Å²) in [6, 6.07) is 24.0. The standard InChI is InChI=1S/C20H39NO2.C9H20.C7H16.C6H15N.2C6H6.C4H10.7C3H8/c1-6-16(7-2)13-19(22)12-11-18(10-5)15-21-20(23)14-17(8-3)9-4;1-5-9(6-2,7-3)8-4;2*1-4-7(5-2)6-3;2*1-2-4-6-5-3-1;1-3-4-2;7*1-3-2/h16-18H,6-15H2,1-5H3,(H,21,23);5-8H2,1-4H3;7H,4-6H2,1-3H3;4-6H2,1-3H3;2*1-6H;3-4H2,1-2H3;7*3H2,1-2H3. The Hall–Kier alpha value is -2.46. The molecule has 0 saturated heterocycles. The lowest BCUT2D eigenvalue weighted by atomic mass is 9.78. The van der Waals surface area contributed by atoms with Gasteiger partial charge >= 0.3 is 0 Å². The average molecular weight is 1180 g/mol. The fourth-order valence-electron chi connectivity index (χ4n) is 6.79. The van der Waals surface area contributed by atoms with Gasteiger partial charge in [-0.1, -0.05) is 422 Å². The highest BCUT2D eigenvalue weighted by molar-refractivity contribution is 5.78. The maximum Gasteiger partial charge on any atom is 0.220 e. The quantitative estimate of drug-likeness (QED) is 0.108. The number of nitrogens with zero attached hydrogens (tertiary/aromatic N) is 1. The van der Waals surface area contributed by atoms with E-state index >= 15 is 0 Å². The minimum absolute atomic E-state index is 0.167. The molecular weight excluding hydrogens is 1010 g/mol. The molecule has 1 atom stereocenters. The van der Waals surface area contributed by atoms with E-state index in [-0.39, 0.29) is 5.91 Å². The normalized spacial score (nSPS) is 9.58. The van der Waals surface area contributed by atoms with Gasteiger partial charge in [-0.2, -0.15) is 0 Å². The summed E-state index contributed by atoms with van der Waals surface area (Å²) >= 11 is 0. The van der Waals surface area contributed by atoms with Gasteiger partial charge < -0.3 is 10.2 Å². The molecule has 1 amide bonds. The van der Waals surface area contributed by atoms with Crippen molar-refractivity contribution in [3.8, 4) is 0 Å². The summed E-state index contributed by atoms with van der Waals surface area (Å²) in [5, 5.41) is 3.07. The molecule has 0 saturated carbocycles. The Bertz CT molecular complexity index is 1010. The van der Waals surface area contributed by atoms with Crippen LogP contribution >= 0.6 is 0 Å². The lowest BCUT2D eigenvalue weighted by molar-refractivity contribution is -0.122. The molecular formula is C79H168N2O2. The number of Topliss-reactive ketones (excluding diaryl/α,β-unsaturated/α-hetero) is 1. The Morgan fingerprint density at radius 3 is 0.687 bits per heavy atom. The van der Waals surface area contributed by atoms with E-state index in [0.29, 0.717) is 48.3 Å². The fourth-order valence-corrected chi connectivity index (χ4v) is 6.79. The van der Waals surface area contributed by atoms with Gasteiger partial charge in [-0.25, -0.2) is 0 Å². The fraction of sp³-hybridized carbons (Fsp3) is 0.823. The molecule has 0 fully saturated rings. The first-order valence-electron chi connectivity index (χ1n) is 36.3. The zero-order valence-corrected chi connectivity index (χ0v) is 64.0. The van der Waals surface area contributed by atoms with Crippen LogP contribution in [0, 0.1) is 29.1 Å². The molecule has 2 aromatic carbocycles. The van der Waals surface area contributed by atoms with E-state index in [4.69, 9.17) is 0 Å². The topological polar surface area (TPSA) is 49.4 Å². The van der Waals surface area contributed by atoms with Crippen molar-refractivity contribution in [3.05, 3.63) is 72.8 Å². The number of amides is 1. The third-order valence-corrected chi connectivity index (χ3v) is 13.2. The molecule has 0 bridgehead atoms. The molecule has 1 unspecified atom stereocenters. The van der Waals surface area contributed by atoms with Crippen LogP contribution in [0.2, 0.25) is 0 Å². The highest BCUT2D eigenvalue weighted by Crippen LogP contribution is 2.33. The summed E-state index contributed by atoms with van der Waals surface area (Å²) in [7, 11) is 0. The molecule has 0 spiro atoms. The van der Waals surface area contributed by atoms with E-state index in [1.165, 1.54) is 122 Å². The van der Waals surface area contributed by atoms with Crippen molar-refractivity contribution in [3.63, 3.8) is 0 Å². The predicted molar refractivity (Wildman–Crippen MR) is 395 cm³/mol. The summed E-state index contributed by atoms with van der Waals surface area (Å²) in [6.45, 7) is 71.7. The van der Waals surface area contributed by atoms with Crippen LogP contribution in [0.25, 0.3) is 0 Å². The lowest BCUT2D eigenvalue weighted by Crippen LogP contribution is -2.30. The van der Waals surface area contributed by atoms with Crippen LogP contribution in [0.1, 0.15) is 375 Å². The lowest BCUT2D eigenvalue weighted by Gasteiger charge is -2.28. The molecule has 2 aromatic rings. The smallest absolute Gasteiger partial charge is 0.220 e. The second-order valence-electron chi connectivity index (χ2n) is 21.8. The van der Waals surface area contributed by atoms with Gasteiger partial charge in [0.2, 0.25) is 5.91 Å². The molecule has 83 heavy (non-hydrogen) atoms. The van der Waals surface area contributed by atoms with E-state index in [9.17, 15) is 9.59 Å². The van der Waals surface area contributed by atoms with E-state index in [1.807, 2.05) is 72.8 Å². The van der Waals surface area contributed by atoms with Gasteiger partial charge in [0.1, 0.15) is 5.78 Å². The van der Waals surface area contributed by atoms with Crippen LogP contribution in [0.5, 0.6) is 0 Å². The first kappa shape index (κ1) is 108. The van der Waals surface area contributed by atoms with Crippen LogP contribution in [0.4, 0.5) is 0 Å². The van der Waals surface area contributed by atoms with Gasteiger partial charge in [0.05, 0.1) is 0 Å². The minimum atomic E-state index is 0.167. The van der Waals surface area contributed by atoms with Gasteiger partial charge in [0.15, 0.2) is 0 Å². The molecule has 1 N–H and O–H groups in total. The first-order valence-corrected chi connectivity index (χ1v) is 36.3. The first-order chi connectivity index (χ1) is 39.7. The molecule has 4 nitrogen and oxygen atoms in total. The number of ketones is 1. The molecule has 0 aromatic heterocycles. The molecule has 0 aliphatic heterocycles. The van der Waals surface area contributed by atoms with Crippen molar-refractivity contribution in [1.82, 2.24) is 10.2 Å². The molecule has 506 valence electrons. The van der Waals surface area contributed by atoms with Crippen LogP contribution < -0.4 is 5.32 Å². The van der Waals surface area contributed by atoms with Crippen LogP contribution in [-0.2, 0) is 9.59 Å². The molecule has 0 aliphatic carbocycles. The second-order valence-corrected chi connectivity index (χ2v) is 21.8. The van der Waals surface area contributed by atoms with E-state index in [2.05, 4.69) is 225 Å². The number of carbonyl (C=O) groups is 2. The Morgan fingerprint density at radius 1 is 0.325 bits per heavy atom. The number of benzene rings is 2. The second kappa shape index (κ2) is 111. The van der Waals surface area contributed by atoms with Gasteiger partial charge in [-0.3, -0.25) is 9.59 Å². The third-order valence-electron chi connectivity index (χ3n) is 13.2. The van der Waals surface area contributed by atoms with Crippen molar-refractivity contribution in [2.75, 3.05) is 26.2 Å². The van der Waals surface area contributed by atoms with E-state index in [0.717, 1.165) is 50.9 Å². The van der Waals surface area contributed by atoms with Gasteiger partial charge in [-0.05, 0) is 55.1 Å². The number of hydrogen-bond donors (Lipinski definition) is 1. The van der Waals surface area contributed by atoms with Crippen LogP contribution in [0.3, 0.4) is 0 Å². The number of nitrogens with one attached hydrogen (secondary N) is 1. The van der Waals surface area contributed by atoms with E-state index < -0.39 is 0 Å². The van der Waals surface area contributed by atoms with E-state index in [1.54, 1.807) is 0 Å². The van der Waals surface area contributed by atoms with Crippen LogP contribution in [-0.4, -0.2) is 42.8 Å². The van der Waals surface area contributed by atoms with Gasteiger partial charge in [-0.15, -0.1) is 0 Å². The summed E-state index contributed by atoms with van der Waals surface area (Å²) in [5.74, 6) is 3.01. The number of hydrogen-bond acceptors (Lipinski definition) is 3. The van der Waals surface area contributed by atoms with Crippen molar-refractivity contribution in [2.45, 2.75) is 375 Å². The summed E-state index contributed by atoms with van der Waals surface area (Å²) in [4.78, 5) is 26.4. The third kappa shape index (κ3) is 122. The maximum atomic E-state index is 12.1. The molecule has 0 heterocycles. The minimum Gasteiger partial charge on any atom is -0.356 e. The van der Waals surface area contributed by atoms with Crippen molar-refractivity contribution in [2.24, 2.45) is 29.1 Å². The monoisotopic (exact) mass is 1180 g/mol. The highest BCUT2D eigenvalue weighted by Gasteiger charge is 2.20. The zero-order chi connectivity index (χ0) is 67.2. The zero-order valence-electron chi connectivity index (χ0n) is 64.0. The van der Waals surface area contributed by atoms with Crippen LogP contribution in [0.15, 0.2) is 72.8 Å². The largest absolute Gasteiger partial charge is 0.356 e. The van der Waals surface area contributed by atoms with Crippen molar-refractivity contribution >= 4 is 11.7 Å².